The minimum Gasteiger partial charge on any atom is -0.272 e. The number of rotatable bonds is 7. The van der Waals surface area contributed by atoms with Crippen LogP contribution in [0.5, 0.6) is 0 Å². The van der Waals surface area contributed by atoms with Crippen LogP contribution in [0.4, 0.5) is 0 Å². The largest absolute Gasteiger partial charge is 0.272 e. The van der Waals surface area contributed by atoms with Crippen LogP contribution in [0, 0.1) is 0 Å². The monoisotopic (exact) mass is 547 g/mol. The first-order valence-electron chi connectivity index (χ1n) is 12.3. The molecule has 5 aromatic carbocycles. The zero-order valence-corrected chi connectivity index (χ0v) is 22.2. The number of benzene rings is 5. The number of hydrazone groups is 1. The van der Waals surface area contributed by atoms with Crippen molar-refractivity contribution in [1.29, 1.82) is 0 Å². The Morgan fingerprint density at radius 2 is 1.49 bits per heavy atom. The van der Waals surface area contributed by atoms with Gasteiger partial charge >= 0.3 is 0 Å². The molecule has 0 aliphatic rings. The number of halogens is 1. The second-order valence-corrected chi connectivity index (χ2v) is 10.2. The van der Waals surface area contributed by atoms with Gasteiger partial charge in [0.2, 0.25) is 0 Å². The standard InChI is InChI=1S/C31H22ClN5OS/c32-24-14-16-25(17-15-24)37-30(21-8-2-1-3-9-21)35-36-31(37)39-20-29(38)34-33-19-28-26-12-6-4-10-22(26)18-23-11-5-7-13-27(23)28/h1-19H,20H2,(H,34,38)/b33-19-. The summed E-state index contributed by atoms with van der Waals surface area (Å²) in [5, 5.41) is 18.7. The number of thioether (sulfide) groups is 1. The summed E-state index contributed by atoms with van der Waals surface area (Å²) in [5.41, 5.74) is 5.41. The van der Waals surface area contributed by atoms with E-state index in [-0.39, 0.29) is 11.7 Å². The molecule has 0 spiro atoms. The van der Waals surface area contributed by atoms with E-state index in [1.165, 1.54) is 11.8 Å². The maximum Gasteiger partial charge on any atom is 0.250 e. The quantitative estimate of drug-likeness (QED) is 0.0998. The molecule has 6 aromatic rings. The number of aromatic nitrogens is 3. The fraction of sp³-hybridized carbons (Fsp3) is 0.0323. The number of hydrogen-bond donors (Lipinski definition) is 1. The normalized spacial score (nSPS) is 11.4. The Labute approximate surface area is 234 Å². The van der Waals surface area contributed by atoms with E-state index in [0.717, 1.165) is 38.4 Å². The molecule has 0 aliphatic heterocycles. The number of hydrogen-bond acceptors (Lipinski definition) is 5. The molecule has 0 saturated heterocycles. The summed E-state index contributed by atoms with van der Waals surface area (Å²) in [6.07, 6.45) is 1.72. The second kappa shape index (κ2) is 11.1. The Kier molecular flexibility index (Phi) is 7.08. The van der Waals surface area contributed by atoms with Gasteiger partial charge < -0.3 is 0 Å². The van der Waals surface area contributed by atoms with E-state index in [1.54, 1.807) is 6.21 Å². The molecule has 1 N–H and O–H groups in total. The molecule has 0 aliphatic carbocycles. The average molecular weight is 548 g/mol. The molecule has 0 atom stereocenters. The number of amides is 1. The minimum absolute atomic E-state index is 0.119. The summed E-state index contributed by atoms with van der Waals surface area (Å²) in [6.45, 7) is 0. The molecule has 0 bridgehead atoms. The highest BCUT2D eigenvalue weighted by Gasteiger charge is 2.17. The van der Waals surface area contributed by atoms with E-state index < -0.39 is 0 Å². The van der Waals surface area contributed by atoms with Crippen molar-refractivity contribution in [3.05, 3.63) is 120 Å². The van der Waals surface area contributed by atoms with E-state index in [1.807, 2.05) is 83.4 Å². The predicted octanol–water partition coefficient (Wildman–Crippen LogP) is 7.14. The molecular weight excluding hydrogens is 526 g/mol. The number of nitrogens with one attached hydrogen (secondary N) is 1. The molecule has 0 radical (unpaired) electrons. The van der Waals surface area contributed by atoms with Crippen LogP contribution < -0.4 is 5.43 Å². The fourth-order valence-electron chi connectivity index (χ4n) is 4.48. The Morgan fingerprint density at radius 1 is 0.846 bits per heavy atom. The Hall–Kier alpha value is -4.46. The first-order chi connectivity index (χ1) is 19.2. The molecular formula is C31H22ClN5OS. The van der Waals surface area contributed by atoms with Gasteiger partial charge in [-0.25, -0.2) is 5.43 Å². The minimum atomic E-state index is -0.243. The van der Waals surface area contributed by atoms with Crippen molar-refractivity contribution in [3.8, 4) is 17.1 Å². The maximum absolute atomic E-state index is 12.8. The molecule has 0 unspecified atom stereocenters. The zero-order valence-electron chi connectivity index (χ0n) is 20.7. The van der Waals surface area contributed by atoms with Gasteiger partial charge in [0.25, 0.3) is 5.91 Å². The van der Waals surface area contributed by atoms with Crippen LogP contribution in [0.15, 0.2) is 119 Å². The van der Waals surface area contributed by atoms with E-state index in [0.29, 0.717) is 16.0 Å². The van der Waals surface area contributed by atoms with Crippen molar-refractivity contribution in [2.45, 2.75) is 5.16 Å². The van der Waals surface area contributed by atoms with Crippen molar-refractivity contribution in [3.63, 3.8) is 0 Å². The van der Waals surface area contributed by atoms with Gasteiger partial charge in [-0.2, -0.15) is 5.10 Å². The first-order valence-corrected chi connectivity index (χ1v) is 13.7. The molecule has 8 heteroatoms. The molecule has 1 amide bonds. The van der Waals surface area contributed by atoms with Gasteiger partial charge in [0.1, 0.15) is 0 Å². The third kappa shape index (κ3) is 5.27. The summed E-state index contributed by atoms with van der Waals surface area (Å²) < 4.78 is 1.93. The van der Waals surface area contributed by atoms with Crippen molar-refractivity contribution in [2.75, 3.05) is 5.75 Å². The summed E-state index contributed by atoms with van der Waals surface area (Å²) in [4.78, 5) is 12.8. The lowest BCUT2D eigenvalue weighted by Gasteiger charge is -2.10. The highest BCUT2D eigenvalue weighted by atomic mass is 35.5. The highest BCUT2D eigenvalue weighted by Crippen LogP contribution is 2.29. The van der Waals surface area contributed by atoms with Gasteiger partial charge in [-0.3, -0.25) is 9.36 Å². The topological polar surface area (TPSA) is 72.2 Å². The van der Waals surface area contributed by atoms with Crippen LogP contribution in [0.2, 0.25) is 5.02 Å². The van der Waals surface area contributed by atoms with Crippen molar-refractivity contribution in [1.82, 2.24) is 20.2 Å². The van der Waals surface area contributed by atoms with Gasteiger partial charge in [0.05, 0.1) is 12.0 Å². The smallest absolute Gasteiger partial charge is 0.250 e. The molecule has 1 aromatic heterocycles. The molecule has 6 rings (SSSR count). The molecule has 6 nitrogen and oxygen atoms in total. The van der Waals surface area contributed by atoms with Crippen LogP contribution in [0.3, 0.4) is 0 Å². The molecule has 0 fully saturated rings. The van der Waals surface area contributed by atoms with Crippen LogP contribution in [-0.4, -0.2) is 32.6 Å². The lowest BCUT2D eigenvalue weighted by Crippen LogP contribution is -2.20. The van der Waals surface area contributed by atoms with Gasteiger partial charge in [0.15, 0.2) is 11.0 Å². The summed E-state index contributed by atoms with van der Waals surface area (Å²) >= 11 is 7.41. The summed E-state index contributed by atoms with van der Waals surface area (Å²) in [6, 6.07) is 35.7. The Bertz CT molecular complexity index is 1760. The molecule has 39 heavy (non-hydrogen) atoms. The first kappa shape index (κ1) is 24.9. The third-order valence-electron chi connectivity index (χ3n) is 6.28. The number of carbonyl (C=O) groups is 1. The van der Waals surface area contributed by atoms with E-state index >= 15 is 0 Å². The van der Waals surface area contributed by atoms with Crippen LogP contribution in [-0.2, 0) is 4.79 Å². The summed E-state index contributed by atoms with van der Waals surface area (Å²) in [5.74, 6) is 0.558. The van der Waals surface area contributed by atoms with Crippen molar-refractivity contribution >= 4 is 57.0 Å². The maximum atomic E-state index is 12.8. The third-order valence-corrected chi connectivity index (χ3v) is 7.46. The van der Waals surface area contributed by atoms with Crippen molar-refractivity contribution < 1.29 is 4.79 Å². The lowest BCUT2D eigenvalue weighted by atomic mass is 9.97. The van der Waals surface area contributed by atoms with Crippen molar-refractivity contribution in [2.24, 2.45) is 5.10 Å². The van der Waals surface area contributed by atoms with Gasteiger partial charge in [0, 0.05) is 21.8 Å². The van der Waals surface area contributed by atoms with Crippen LogP contribution in [0.1, 0.15) is 5.56 Å². The SMILES string of the molecule is O=C(CSc1nnc(-c2ccccc2)n1-c1ccc(Cl)cc1)N/N=C\c1c2ccccc2cc2ccccc12. The predicted molar refractivity (Wildman–Crippen MR) is 160 cm³/mol. The number of fused-ring (bicyclic) bond motifs is 2. The van der Waals surface area contributed by atoms with Gasteiger partial charge in [-0.15, -0.1) is 10.2 Å². The molecule has 0 saturated carbocycles. The Morgan fingerprint density at radius 3 is 2.18 bits per heavy atom. The van der Waals surface area contributed by atoms with E-state index in [2.05, 4.69) is 51.1 Å². The molecule has 1 heterocycles. The fourth-order valence-corrected chi connectivity index (χ4v) is 5.35. The molecule has 190 valence electrons. The van der Waals surface area contributed by atoms with Crippen LogP contribution >= 0.6 is 23.4 Å². The van der Waals surface area contributed by atoms with Gasteiger partial charge in [-0.05, 0) is 51.9 Å². The highest BCUT2D eigenvalue weighted by molar-refractivity contribution is 7.99. The van der Waals surface area contributed by atoms with E-state index in [9.17, 15) is 4.79 Å². The summed E-state index contributed by atoms with van der Waals surface area (Å²) in [7, 11) is 0. The Balaban J connectivity index is 1.22. The van der Waals surface area contributed by atoms with Crippen LogP contribution in [0.25, 0.3) is 38.6 Å². The van der Waals surface area contributed by atoms with E-state index in [4.69, 9.17) is 11.6 Å². The second-order valence-electron chi connectivity index (χ2n) is 8.80. The zero-order chi connectivity index (χ0) is 26.6. The lowest BCUT2D eigenvalue weighted by molar-refractivity contribution is -0.118. The van der Waals surface area contributed by atoms with Gasteiger partial charge in [-0.1, -0.05) is 102 Å². The number of nitrogens with zero attached hydrogens (tertiary/aromatic N) is 4. The average Bonchev–Trinajstić information content (AvgIpc) is 3.40. The number of carbonyl (C=O) groups excluding carboxylic acids is 1.